The summed E-state index contributed by atoms with van der Waals surface area (Å²) in [6.07, 6.45) is 3.98. The van der Waals surface area contributed by atoms with Crippen molar-refractivity contribution in [1.82, 2.24) is 4.31 Å². The Balaban J connectivity index is 2.35. The first kappa shape index (κ1) is 16.3. The molecule has 0 aromatic heterocycles. The number of hydrogen-bond acceptors (Lipinski definition) is 3. The minimum atomic E-state index is -3.97. The van der Waals surface area contributed by atoms with Crippen molar-refractivity contribution >= 4 is 10.0 Å². The lowest BCUT2D eigenvalue weighted by Crippen LogP contribution is -2.40. The van der Waals surface area contributed by atoms with Crippen molar-refractivity contribution in [1.29, 1.82) is 0 Å². The summed E-state index contributed by atoms with van der Waals surface area (Å²) < 4.78 is 53.5. The lowest BCUT2D eigenvalue weighted by molar-refractivity contribution is 0.318. The van der Waals surface area contributed by atoms with Gasteiger partial charge in [-0.05, 0) is 37.9 Å². The summed E-state index contributed by atoms with van der Waals surface area (Å²) in [6, 6.07) is 2.43. The first-order chi connectivity index (χ1) is 9.96. The molecule has 1 aromatic carbocycles. The van der Waals surface area contributed by atoms with E-state index in [1.165, 1.54) is 4.31 Å². The molecule has 0 atom stereocenters. The first-order valence-corrected chi connectivity index (χ1v) is 8.58. The number of sulfonamides is 1. The summed E-state index contributed by atoms with van der Waals surface area (Å²) in [7, 11) is -3.97. The Morgan fingerprint density at radius 2 is 1.90 bits per heavy atom. The smallest absolute Gasteiger partial charge is 0.246 e. The molecule has 0 radical (unpaired) electrons. The van der Waals surface area contributed by atoms with E-state index < -0.39 is 26.6 Å². The monoisotopic (exact) mass is 318 g/mol. The zero-order valence-electron chi connectivity index (χ0n) is 11.8. The van der Waals surface area contributed by atoms with Gasteiger partial charge in [-0.1, -0.05) is 12.8 Å². The standard InChI is InChI=1S/C14H20F2N2O2S/c15-11-6-7-14(13(16)10-11)21(19,20)18(9-3-8-17)12-4-1-2-5-12/h6-7,10,12H,1-5,8-9,17H2. The molecule has 0 amide bonds. The van der Waals surface area contributed by atoms with Crippen LogP contribution in [-0.2, 0) is 10.0 Å². The minimum absolute atomic E-state index is 0.119. The molecule has 0 heterocycles. The van der Waals surface area contributed by atoms with Gasteiger partial charge in [-0.2, -0.15) is 4.31 Å². The third-order valence-electron chi connectivity index (χ3n) is 3.80. The molecule has 7 heteroatoms. The summed E-state index contributed by atoms with van der Waals surface area (Å²) in [5.41, 5.74) is 5.46. The van der Waals surface area contributed by atoms with Crippen LogP contribution in [0.15, 0.2) is 23.1 Å². The highest BCUT2D eigenvalue weighted by Crippen LogP contribution is 2.29. The Kier molecular flexibility index (Phi) is 5.29. The van der Waals surface area contributed by atoms with Crippen LogP contribution in [0.25, 0.3) is 0 Å². The molecule has 118 valence electrons. The second-order valence-corrected chi connectivity index (χ2v) is 7.13. The van der Waals surface area contributed by atoms with Crippen LogP contribution in [0.1, 0.15) is 32.1 Å². The largest absolute Gasteiger partial charge is 0.330 e. The quantitative estimate of drug-likeness (QED) is 0.875. The molecule has 2 N–H and O–H groups in total. The van der Waals surface area contributed by atoms with Crippen molar-refractivity contribution in [3.63, 3.8) is 0 Å². The molecule has 1 saturated carbocycles. The first-order valence-electron chi connectivity index (χ1n) is 7.14. The van der Waals surface area contributed by atoms with E-state index in [0.29, 0.717) is 19.0 Å². The highest BCUT2D eigenvalue weighted by molar-refractivity contribution is 7.89. The third kappa shape index (κ3) is 3.59. The third-order valence-corrected chi connectivity index (χ3v) is 5.78. The molecule has 0 aliphatic heterocycles. The van der Waals surface area contributed by atoms with Crippen molar-refractivity contribution in [3.05, 3.63) is 29.8 Å². The van der Waals surface area contributed by atoms with Crippen LogP contribution in [0, 0.1) is 11.6 Å². The Morgan fingerprint density at radius 1 is 1.24 bits per heavy atom. The van der Waals surface area contributed by atoms with Crippen LogP contribution in [0.2, 0.25) is 0 Å². The normalized spacial score (nSPS) is 16.8. The predicted molar refractivity (Wildman–Crippen MR) is 76.2 cm³/mol. The molecule has 1 aliphatic carbocycles. The van der Waals surface area contributed by atoms with E-state index in [0.717, 1.165) is 37.8 Å². The fourth-order valence-corrected chi connectivity index (χ4v) is 4.52. The van der Waals surface area contributed by atoms with Crippen molar-refractivity contribution < 1.29 is 17.2 Å². The van der Waals surface area contributed by atoms with Gasteiger partial charge in [-0.3, -0.25) is 0 Å². The van der Waals surface area contributed by atoms with E-state index in [4.69, 9.17) is 5.73 Å². The van der Waals surface area contributed by atoms with Crippen LogP contribution in [0.5, 0.6) is 0 Å². The molecule has 0 unspecified atom stereocenters. The summed E-state index contributed by atoms with van der Waals surface area (Å²) in [6.45, 7) is 0.630. The van der Waals surface area contributed by atoms with E-state index in [-0.39, 0.29) is 12.6 Å². The van der Waals surface area contributed by atoms with E-state index in [1.807, 2.05) is 0 Å². The SMILES string of the molecule is NCCCN(C1CCCC1)S(=O)(=O)c1ccc(F)cc1F. The minimum Gasteiger partial charge on any atom is -0.330 e. The van der Waals surface area contributed by atoms with Gasteiger partial charge in [0.25, 0.3) is 0 Å². The number of rotatable bonds is 6. The Labute approximate surface area is 124 Å². The maximum Gasteiger partial charge on any atom is 0.246 e. The maximum atomic E-state index is 13.8. The Morgan fingerprint density at radius 3 is 2.48 bits per heavy atom. The number of nitrogens with two attached hydrogens (primary N) is 1. The van der Waals surface area contributed by atoms with Crippen LogP contribution >= 0.6 is 0 Å². The van der Waals surface area contributed by atoms with E-state index >= 15 is 0 Å². The molecule has 1 fully saturated rings. The van der Waals surface area contributed by atoms with Crippen molar-refractivity contribution in [2.24, 2.45) is 5.73 Å². The van der Waals surface area contributed by atoms with E-state index in [9.17, 15) is 17.2 Å². The molecule has 4 nitrogen and oxygen atoms in total. The van der Waals surface area contributed by atoms with Gasteiger partial charge < -0.3 is 5.73 Å². The number of hydrogen-bond donors (Lipinski definition) is 1. The van der Waals surface area contributed by atoms with Gasteiger partial charge >= 0.3 is 0 Å². The van der Waals surface area contributed by atoms with Crippen molar-refractivity contribution in [2.75, 3.05) is 13.1 Å². The van der Waals surface area contributed by atoms with Gasteiger partial charge in [-0.25, -0.2) is 17.2 Å². The summed E-state index contributed by atoms with van der Waals surface area (Å²) in [5, 5.41) is 0. The fourth-order valence-electron chi connectivity index (χ4n) is 2.75. The van der Waals surface area contributed by atoms with Crippen LogP contribution < -0.4 is 5.73 Å². The zero-order valence-corrected chi connectivity index (χ0v) is 12.6. The van der Waals surface area contributed by atoms with E-state index in [1.54, 1.807) is 0 Å². The average Bonchev–Trinajstić information content (AvgIpc) is 2.92. The van der Waals surface area contributed by atoms with Crippen molar-refractivity contribution in [3.8, 4) is 0 Å². The highest BCUT2D eigenvalue weighted by atomic mass is 32.2. The molecule has 21 heavy (non-hydrogen) atoms. The molecule has 2 rings (SSSR count). The summed E-state index contributed by atoms with van der Waals surface area (Å²) in [5.74, 6) is -1.84. The van der Waals surface area contributed by atoms with Gasteiger partial charge in [-0.15, -0.1) is 0 Å². The summed E-state index contributed by atoms with van der Waals surface area (Å²) in [4.78, 5) is -0.465. The lowest BCUT2D eigenvalue weighted by Gasteiger charge is -2.28. The second kappa shape index (κ2) is 6.81. The predicted octanol–water partition coefficient (Wildman–Crippen LogP) is 2.25. The van der Waals surface area contributed by atoms with Gasteiger partial charge in [0.1, 0.15) is 16.5 Å². The molecule has 0 saturated heterocycles. The molecule has 0 bridgehead atoms. The van der Waals surface area contributed by atoms with Crippen LogP contribution in [-0.4, -0.2) is 31.9 Å². The number of benzene rings is 1. The van der Waals surface area contributed by atoms with Gasteiger partial charge in [0.05, 0.1) is 0 Å². The molecule has 0 spiro atoms. The number of nitrogens with zero attached hydrogens (tertiary/aromatic N) is 1. The van der Waals surface area contributed by atoms with E-state index in [2.05, 4.69) is 0 Å². The Bertz CT molecular complexity index is 587. The lowest BCUT2D eigenvalue weighted by atomic mass is 10.2. The van der Waals surface area contributed by atoms with Gasteiger partial charge in [0.2, 0.25) is 10.0 Å². The molecular weight excluding hydrogens is 298 g/mol. The van der Waals surface area contributed by atoms with Crippen LogP contribution in [0.3, 0.4) is 0 Å². The topological polar surface area (TPSA) is 63.4 Å². The average molecular weight is 318 g/mol. The van der Waals surface area contributed by atoms with Gasteiger partial charge in [0, 0.05) is 18.7 Å². The molecular formula is C14H20F2N2O2S. The number of halogens is 2. The highest BCUT2D eigenvalue weighted by Gasteiger charge is 2.34. The van der Waals surface area contributed by atoms with Crippen molar-refractivity contribution in [2.45, 2.75) is 43.0 Å². The molecule has 1 aromatic rings. The maximum absolute atomic E-state index is 13.8. The molecule has 1 aliphatic rings. The van der Waals surface area contributed by atoms with Crippen LogP contribution in [0.4, 0.5) is 8.78 Å². The Hall–Kier alpha value is -1.05. The summed E-state index contributed by atoms with van der Waals surface area (Å²) >= 11 is 0. The fraction of sp³-hybridized carbons (Fsp3) is 0.571. The second-order valence-electron chi connectivity index (χ2n) is 5.27. The zero-order chi connectivity index (χ0) is 15.5. The van der Waals surface area contributed by atoms with Gasteiger partial charge in [0.15, 0.2) is 0 Å².